The third-order valence-corrected chi connectivity index (χ3v) is 6.20. The number of amides is 1. The summed E-state index contributed by atoms with van der Waals surface area (Å²) in [5.74, 6) is 0.0620. The fraction of sp³-hybridized carbons (Fsp3) is 0.900. The Hall–Kier alpha value is -0.620. The zero-order valence-corrected chi connectivity index (χ0v) is 9.87. The summed E-state index contributed by atoms with van der Waals surface area (Å²) in [6, 6.07) is 0.0677. The van der Waals surface area contributed by atoms with E-state index in [4.69, 9.17) is 0 Å². The maximum Gasteiger partial charge on any atom is 0.220 e. The maximum atomic E-state index is 12.1. The monoisotopic (exact) mass is 244 g/mol. The van der Waals surface area contributed by atoms with Crippen LogP contribution < -0.4 is 5.32 Å². The summed E-state index contributed by atoms with van der Waals surface area (Å²) in [5, 5.41) is 2.76. The Balaban J connectivity index is 1.81. The molecule has 3 fully saturated rings. The topological polar surface area (TPSA) is 66.5 Å². The molecule has 1 N–H and O–H groups in total. The van der Waals surface area contributed by atoms with E-state index in [0.717, 1.165) is 19.3 Å². The van der Waals surface area contributed by atoms with Crippen molar-refractivity contribution in [3.05, 3.63) is 0 Å². The van der Waals surface area contributed by atoms with E-state index in [2.05, 4.69) is 5.32 Å². The summed E-state index contributed by atoms with van der Waals surface area (Å²) in [5.41, 5.74) is 0. The van der Waals surface area contributed by atoms with Crippen molar-refractivity contribution in [2.75, 3.05) is 6.54 Å². The number of sulfonamides is 1. The van der Waals surface area contributed by atoms with E-state index in [1.165, 1.54) is 0 Å². The molecule has 0 bridgehead atoms. The number of fused-ring (bicyclic) bond motifs is 1. The summed E-state index contributed by atoms with van der Waals surface area (Å²) < 4.78 is 25.9. The molecule has 0 aromatic carbocycles. The molecule has 2 atom stereocenters. The lowest BCUT2D eigenvalue weighted by molar-refractivity contribution is -0.123. The smallest absolute Gasteiger partial charge is 0.220 e. The van der Waals surface area contributed by atoms with Crippen molar-refractivity contribution in [2.45, 2.75) is 49.4 Å². The van der Waals surface area contributed by atoms with E-state index < -0.39 is 10.0 Å². The van der Waals surface area contributed by atoms with Crippen molar-refractivity contribution in [1.82, 2.24) is 9.62 Å². The number of rotatable bonds is 2. The number of nitrogens with zero attached hydrogens (tertiary/aromatic N) is 1. The van der Waals surface area contributed by atoms with Crippen molar-refractivity contribution in [1.29, 1.82) is 0 Å². The molecule has 0 aromatic heterocycles. The summed E-state index contributed by atoms with van der Waals surface area (Å²) in [6.45, 7) is 0.578. The highest BCUT2D eigenvalue weighted by Crippen LogP contribution is 2.36. The van der Waals surface area contributed by atoms with Gasteiger partial charge in [-0.2, -0.15) is 4.31 Å². The van der Waals surface area contributed by atoms with Crippen LogP contribution >= 0.6 is 0 Å². The van der Waals surface area contributed by atoms with Crippen LogP contribution in [0.1, 0.15) is 32.1 Å². The van der Waals surface area contributed by atoms with E-state index in [1.807, 2.05) is 0 Å². The summed E-state index contributed by atoms with van der Waals surface area (Å²) >= 11 is 0. The van der Waals surface area contributed by atoms with Crippen LogP contribution in [0.25, 0.3) is 0 Å². The van der Waals surface area contributed by atoms with E-state index in [1.54, 1.807) is 4.31 Å². The van der Waals surface area contributed by atoms with Crippen LogP contribution in [0.5, 0.6) is 0 Å². The van der Waals surface area contributed by atoms with Crippen LogP contribution in [0.3, 0.4) is 0 Å². The van der Waals surface area contributed by atoms with Crippen LogP contribution in [-0.2, 0) is 14.8 Å². The number of piperidine rings is 1. The molecule has 1 amide bonds. The largest absolute Gasteiger partial charge is 0.352 e. The minimum atomic E-state index is -3.07. The van der Waals surface area contributed by atoms with Gasteiger partial charge in [-0.25, -0.2) is 8.42 Å². The lowest BCUT2D eigenvalue weighted by Crippen LogP contribution is -2.51. The molecule has 0 radical (unpaired) electrons. The van der Waals surface area contributed by atoms with Crippen LogP contribution in [0.2, 0.25) is 0 Å². The van der Waals surface area contributed by atoms with Gasteiger partial charge >= 0.3 is 0 Å². The van der Waals surface area contributed by atoms with Crippen molar-refractivity contribution >= 4 is 15.9 Å². The number of carbonyl (C=O) groups excluding carboxylic acids is 1. The highest BCUT2D eigenvalue weighted by Gasteiger charge is 2.48. The first-order chi connectivity index (χ1) is 7.59. The van der Waals surface area contributed by atoms with Gasteiger partial charge in [-0.05, 0) is 25.7 Å². The zero-order valence-electron chi connectivity index (χ0n) is 9.05. The van der Waals surface area contributed by atoms with Gasteiger partial charge in [0.25, 0.3) is 0 Å². The Morgan fingerprint density at radius 1 is 1.19 bits per heavy atom. The molecular weight excluding hydrogens is 228 g/mol. The van der Waals surface area contributed by atoms with Crippen molar-refractivity contribution < 1.29 is 13.2 Å². The normalized spacial score (nSPS) is 35.9. The van der Waals surface area contributed by atoms with Crippen molar-refractivity contribution in [3.63, 3.8) is 0 Å². The Bertz CT molecular complexity index is 416. The van der Waals surface area contributed by atoms with E-state index in [9.17, 15) is 13.2 Å². The Morgan fingerprint density at radius 2 is 1.94 bits per heavy atom. The van der Waals surface area contributed by atoms with Gasteiger partial charge in [0.1, 0.15) is 0 Å². The first-order valence-corrected chi connectivity index (χ1v) is 7.39. The highest BCUT2D eigenvalue weighted by atomic mass is 32.2. The molecular formula is C10H16N2O3S. The van der Waals surface area contributed by atoms with Gasteiger partial charge in [0, 0.05) is 25.0 Å². The van der Waals surface area contributed by atoms with Gasteiger partial charge in [0.2, 0.25) is 15.9 Å². The average Bonchev–Trinajstić information content (AvgIpc) is 2.99. The van der Waals surface area contributed by atoms with Crippen LogP contribution in [-0.4, -0.2) is 42.5 Å². The minimum absolute atomic E-state index is 0.0169. The Morgan fingerprint density at radius 3 is 2.62 bits per heavy atom. The molecule has 3 aliphatic rings. The molecule has 0 spiro atoms. The van der Waals surface area contributed by atoms with Crippen LogP contribution in [0, 0.1) is 0 Å². The summed E-state index contributed by atoms with van der Waals surface area (Å²) in [4.78, 5) is 11.2. The van der Waals surface area contributed by atoms with E-state index in [-0.39, 0.29) is 23.2 Å². The van der Waals surface area contributed by atoms with Crippen molar-refractivity contribution in [2.24, 2.45) is 0 Å². The Kier molecular flexibility index (Phi) is 2.26. The highest BCUT2D eigenvalue weighted by molar-refractivity contribution is 7.90. The third kappa shape index (κ3) is 1.55. The van der Waals surface area contributed by atoms with Gasteiger partial charge in [0.05, 0.1) is 5.25 Å². The number of carbonyl (C=O) groups is 1. The number of hydrogen-bond acceptors (Lipinski definition) is 3. The van der Waals surface area contributed by atoms with Gasteiger partial charge in [0.15, 0.2) is 0 Å². The number of nitrogens with one attached hydrogen (secondary N) is 1. The molecule has 90 valence electrons. The second-order valence-corrected chi connectivity index (χ2v) is 7.09. The van der Waals surface area contributed by atoms with E-state index >= 15 is 0 Å². The second-order valence-electron chi connectivity index (χ2n) is 4.92. The van der Waals surface area contributed by atoms with Crippen molar-refractivity contribution in [3.8, 4) is 0 Å². The molecule has 1 saturated carbocycles. The molecule has 5 nitrogen and oxygen atoms in total. The number of hydrogen-bond donors (Lipinski definition) is 1. The SMILES string of the molecule is O=C1CC[C@@H]2[C@H](CCN2S(=O)(=O)C2CC2)N1. The fourth-order valence-electron chi connectivity index (χ4n) is 2.77. The molecule has 2 heterocycles. The Labute approximate surface area is 95.2 Å². The molecule has 3 rings (SSSR count). The van der Waals surface area contributed by atoms with Gasteiger partial charge < -0.3 is 5.32 Å². The standard InChI is InChI=1S/C10H16N2O3S/c13-10-4-3-9-8(11-10)5-6-12(9)16(14,15)7-1-2-7/h7-9H,1-6H2,(H,11,13)/t8-,9+/m0/s1. The molecule has 16 heavy (non-hydrogen) atoms. The quantitative estimate of drug-likeness (QED) is 0.733. The van der Waals surface area contributed by atoms with Crippen LogP contribution in [0.4, 0.5) is 0 Å². The first-order valence-electron chi connectivity index (χ1n) is 5.89. The van der Waals surface area contributed by atoms with Gasteiger partial charge in [-0.3, -0.25) is 4.79 Å². The third-order valence-electron chi connectivity index (χ3n) is 3.78. The fourth-order valence-corrected chi connectivity index (χ4v) is 4.87. The lowest BCUT2D eigenvalue weighted by Gasteiger charge is -2.31. The summed E-state index contributed by atoms with van der Waals surface area (Å²) in [7, 11) is -3.07. The van der Waals surface area contributed by atoms with E-state index in [0.29, 0.717) is 19.4 Å². The second kappa shape index (κ2) is 3.43. The van der Waals surface area contributed by atoms with Crippen LogP contribution in [0.15, 0.2) is 0 Å². The lowest BCUT2D eigenvalue weighted by atomic mass is 10.00. The zero-order chi connectivity index (χ0) is 11.3. The predicted octanol–water partition coefficient (Wildman–Crippen LogP) is -0.169. The molecule has 1 aliphatic carbocycles. The van der Waals surface area contributed by atoms with Gasteiger partial charge in [-0.15, -0.1) is 0 Å². The predicted molar refractivity (Wildman–Crippen MR) is 58.2 cm³/mol. The molecule has 2 saturated heterocycles. The maximum absolute atomic E-state index is 12.1. The molecule has 0 aromatic rings. The molecule has 6 heteroatoms. The average molecular weight is 244 g/mol. The minimum Gasteiger partial charge on any atom is -0.352 e. The van der Waals surface area contributed by atoms with Gasteiger partial charge in [-0.1, -0.05) is 0 Å². The molecule has 2 aliphatic heterocycles. The summed E-state index contributed by atoms with van der Waals surface area (Å²) in [6.07, 6.45) is 3.52. The molecule has 0 unspecified atom stereocenters. The first kappa shape index (κ1) is 10.5.